The highest BCUT2D eigenvalue weighted by Crippen LogP contribution is 2.24. The first kappa shape index (κ1) is 16.0. The van der Waals surface area contributed by atoms with Gasteiger partial charge in [-0.2, -0.15) is 9.40 Å². The summed E-state index contributed by atoms with van der Waals surface area (Å²) < 4.78 is 27.0. The monoisotopic (exact) mass is 310 g/mol. The Morgan fingerprint density at radius 2 is 2.24 bits per heavy atom. The van der Waals surface area contributed by atoms with Crippen molar-refractivity contribution in [3.63, 3.8) is 0 Å². The molecule has 0 bridgehead atoms. The van der Waals surface area contributed by atoms with Gasteiger partial charge in [0, 0.05) is 19.1 Å². The first-order chi connectivity index (χ1) is 10.0. The van der Waals surface area contributed by atoms with Gasteiger partial charge in [-0.05, 0) is 26.2 Å². The van der Waals surface area contributed by atoms with E-state index in [0.29, 0.717) is 36.9 Å². The largest absolute Gasteiger partial charge is 0.308 e. The van der Waals surface area contributed by atoms with Gasteiger partial charge in [0.15, 0.2) is 0 Å². The van der Waals surface area contributed by atoms with E-state index in [-0.39, 0.29) is 11.4 Å². The SMILES string of the molecule is C#CCN(CCC)S(=O)(=O)c1c(CNC2CC2)n[nH]c1C. The molecule has 0 unspecified atom stereocenters. The standard InChI is InChI=1S/C14H22N4O2S/c1-4-8-18(9-5-2)21(19,20)14-11(3)16-17-13(14)10-15-12-6-7-12/h1,12,15H,5-10H2,2-3H3,(H,16,17). The van der Waals surface area contributed by atoms with Crippen molar-refractivity contribution in [2.75, 3.05) is 13.1 Å². The lowest BCUT2D eigenvalue weighted by Gasteiger charge is -2.19. The van der Waals surface area contributed by atoms with Crippen molar-refractivity contribution in [2.24, 2.45) is 0 Å². The normalized spacial score (nSPS) is 15.3. The van der Waals surface area contributed by atoms with Crippen LogP contribution in [0.1, 0.15) is 37.6 Å². The molecule has 116 valence electrons. The predicted octanol–water partition coefficient (Wildman–Crippen LogP) is 1.00. The maximum absolute atomic E-state index is 12.8. The van der Waals surface area contributed by atoms with Crippen LogP contribution in [-0.4, -0.2) is 42.1 Å². The fraction of sp³-hybridized carbons (Fsp3) is 0.643. The van der Waals surface area contributed by atoms with Crippen molar-refractivity contribution in [3.05, 3.63) is 11.4 Å². The molecule has 21 heavy (non-hydrogen) atoms. The van der Waals surface area contributed by atoms with Gasteiger partial charge in [0.25, 0.3) is 0 Å². The summed E-state index contributed by atoms with van der Waals surface area (Å²) in [5.41, 5.74) is 1.10. The van der Waals surface area contributed by atoms with Gasteiger partial charge in [0.1, 0.15) is 4.90 Å². The molecular weight excluding hydrogens is 288 g/mol. The minimum Gasteiger partial charge on any atom is -0.308 e. The fourth-order valence-corrected chi connectivity index (χ4v) is 4.00. The topological polar surface area (TPSA) is 78.1 Å². The zero-order valence-corrected chi connectivity index (χ0v) is 13.3. The second-order valence-corrected chi connectivity index (χ2v) is 7.20. The average Bonchev–Trinajstić information content (AvgIpc) is 3.18. The average molecular weight is 310 g/mol. The zero-order chi connectivity index (χ0) is 15.5. The van der Waals surface area contributed by atoms with E-state index < -0.39 is 10.0 Å². The molecule has 1 fully saturated rings. The highest BCUT2D eigenvalue weighted by molar-refractivity contribution is 7.89. The van der Waals surface area contributed by atoms with Gasteiger partial charge >= 0.3 is 0 Å². The molecule has 0 amide bonds. The van der Waals surface area contributed by atoms with Gasteiger partial charge in [-0.25, -0.2) is 8.42 Å². The van der Waals surface area contributed by atoms with Crippen molar-refractivity contribution in [1.82, 2.24) is 19.8 Å². The van der Waals surface area contributed by atoms with Crippen LogP contribution in [0, 0.1) is 19.3 Å². The molecule has 0 atom stereocenters. The third kappa shape index (κ3) is 3.64. The predicted molar refractivity (Wildman–Crippen MR) is 81.1 cm³/mol. The van der Waals surface area contributed by atoms with Gasteiger partial charge in [0.2, 0.25) is 10.0 Å². The molecule has 1 heterocycles. The van der Waals surface area contributed by atoms with Crippen LogP contribution in [0.25, 0.3) is 0 Å². The van der Waals surface area contributed by atoms with E-state index in [4.69, 9.17) is 6.42 Å². The molecule has 6 nitrogen and oxygen atoms in total. The van der Waals surface area contributed by atoms with Crippen LogP contribution in [0.4, 0.5) is 0 Å². The van der Waals surface area contributed by atoms with Crippen molar-refractivity contribution >= 4 is 10.0 Å². The highest BCUT2D eigenvalue weighted by atomic mass is 32.2. The number of hydrogen-bond donors (Lipinski definition) is 2. The van der Waals surface area contributed by atoms with Crippen LogP contribution < -0.4 is 5.32 Å². The fourth-order valence-electron chi connectivity index (χ4n) is 2.22. The van der Waals surface area contributed by atoms with Crippen LogP contribution in [0.15, 0.2) is 4.90 Å². The number of aromatic amines is 1. The Hall–Kier alpha value is -1.36. The van der Waals surface area contributed by atoms with E-state index in [0.717, 1.165) is 12.8 Å². The van der Waals surface area contributed by atoms with E-state index in [2.05, 4.69) is 21.4 Å². The maximum atomic E-state index is 12.8. The second-order valence-electron chi connectivity index (χ2n) is 5.32. The molecule has 1 aromatic rings. The Morgan fingerprint density at radius 3 is 2.81 bits per heavy atom. The van der Waals surface area contributed by atoms with Gasteiger partial charge in [-0.15, -0.1) is 6.42 Å². The van der Waals surface area contributed by atoms with Crippen LogP contribution in [0.3, 0.4) is 0 Å². The summed E-state index contributed by atoms with van der Waals surface area (Å²) in [7, 11) is -3.61. The first-order valence-electron chi connectivity index (χ1n) is 7.21. The van der Waals surface area contributed by atoms with Crippen LogP contribution >= 0.6 is 0 Å². The van der Waals surface area contributed by atoms with Crippen molar-refractivity contribution in [2.45, 2.75) is 50.6 Å². The van der Waals surface area contributed by atoms with Crippen LogP contribution in [-0.2, 0) is 16.6 Å². The number of nitrogens with one attached hydrogen (secondary N) is 2. The lowest BCUT2D eigenvalue weighted by atomic mass is 10.3. The summed E-state index contributed by atoms with van der Waals surface area (Å²) in [6.07, 6.45) is 8.30. The molecule has 1 aromatic heterocycles. The number of rotatable bonds is 8. The summed E-state index contributed by atoms with van der Waals surface area (Å²) in [5, 5.41) is 10.2. The summed E-state index contributed by atoms with van der Waals surface area (Å²) in [4.78, 5) is 0.263. The first-order valence-corrected chi connectivity index (χ1v) is 8.65. The number of aryl methyl sites for hydroxylation is 1. The number of hydrogen-bond acceptors (Lipinski definition) is 4. The molecule has 0 aromatic carbocycles. The Labute approximate surface area is 126 Å². The Balaban J connectivity index is 2.28. The number of sulfonamides is 1. The lowest BCUT2D eigenvalue weighted by molar-refractivity contribution is 0.444. The number of nitrogens with zero attached hydrogens (tertiary/aromatic N) is 2. The van der Waals surface area contributed by atoms with E-state index in [1.807, 2.05) is 6.92 Å². The summed E-state index contributed by atoms with van der Waals surface area (Å²) in [5.74, 6) is 2.42. The minimum atomic E-state index is -3.61. The number of H-pyrrole nitrogens is 1. The van der Waals surface area contributed by atoms with Crippen molar-refractivity contribution in [3.8, 4) is 12.3 Å². The highest BCUT2D eigenvalue weighted by Gasteiger charge is 2.30. The van der Waals surface area contributed by atoms with Gasteiger partial charge in [-0.1, -0.05) is 12.8 Å². The lowest BCUT2D eigenvalue weighted by Crippen LogP contribution is -2.33. The van der Waals surface area contributed by atoms with E-state index in [1.165, 1.54) is 4.31 Å². The molecule has 0 spiro atoms. The minimum absolute atomic E-state index is 0.0796. The van der Waals surface area contributed by atoms with Crippen LogP contribution in [0.5, 0.6) is 0 Å². The van der Waals surface area contributed by atoms with Gasteiger partial charge in [-0.3, -0.25) is 5.10 Å². The molecule has 0 radical (unpaired) electrons. The van der Waals surface area contributed by atoms with Gasteiger partial charge < -0.3 is 5.32 Å². The van der Waals surface area contributed by atoms with Crippen LogP contribution in [0.2, 0.25) is 0 Å². The smallest absolute Gasteiger partial charge is 0.247 e. The Kier molecular flexibility index (Phi) is 5.04. The number of terminal acetylenes is 1. The molecule has 0 aliphatic heterocycles. The zero-order valence-electron chi connectivity index (χ0n) is 12.5. The third-order valence-electron chi connectivity index (χ3n) is 3.44. The maximum Gasteiger partial charge on any atom is 0.247 e. The molecule has 2 N–H and O–H groups in total. The Bertz CT molecular complexity index is 626. The summed E-state index contributed by atoms with van der Waals surface area (Å²) in [6.45, 7) is 4.60. The molecule has 0 saturated heterocycles. The quantitative estimate of drug-likeness (QED) is 0.702. The molecule has 1 saturated carbocycles. The van der Waals surface area contributed by atoms with Crippen molar-refractivity contribution in [1.29, 1.82) is 0 Å². The molecular formula is C14H22N4O2S. The second kappa shape index (κ2) is 6.60. The molecule has 2 rings (SSSR count). The van der Waals surface area contributed by atoms with Gasteiger partial charge in [0.05, 0.1) is 17.9 Å². The van der Waals surface area contributed by atoms with E-state index in [1.54, 1.807) is 6.92 Å². The molecule has 1 aliphatic rings. The molecule has 7 heteroatoms. The van der Waals surface area contributed by atoms with E-state index >= 15 is 0 Å². The Morgan fingerprint density at radius 1 is 1.52 bits per heavy atom. The number of aromatic nitrogens is 2. The molecule has 1 aliphatic carbocycles. The van der Waals surface area contributed by atoms with E-state index in [9.17, 15) is 8.42 Å². The third-order valence-corrected chi connectivity index (χ3v) is 5.48. The summed E-state index contributed by atoms with van der Waals surface area (Å²) in [6, 6.07) is 0.495. The summed E-state index contributed by atoms with van der Waals surface area (Å²) >= 11 is 0. The van der Waals surface area contributed by atoms with Crippen molar-refractivity contribution < 1.29 is 8.42 Å².